The molecule has 0 aliphatic heterocycles. The van der Waals surface area contributed by atoms with Crippen molar-refractivity contribution in [3.05, 3.63) is 11.9 Å². The number of carbonyl (C=O) groups excluding carboxylic acids is 1. The molecule has 72 valence electrons. The molecule has 0 saturated heterocycles. The van der Waals surface area contributed by atoms with Crippen LogP contribution in [-0.4, -0.2) is 34.7 Å². The molecule has 1 N–H and O–H groups in total. The minimum Gasteiger partial charge on any atom is -0.346 e. The number of nitrogens with one attached hydrogen (secondary N) is 1. The highest BCUT2D eigenvalue weighted by Gasteiger charge is 2.09. The first-order valence-corrected chi connectivity index (χ1v) is 5.16. The quantitative estimate of drug-likeness (QED) is 0.646. The summed E-state index contributed by atoms with van der Waals surface area (Å²) in [4.78, 5) is 20.2. The molecule has 0 aliphatic carbocycles. The molecule has 1 aromatic heterocycles. The molecule has 1 aromatic rings. The standard InChI is InChI=1S/C8H12BrN3O/c1-3-12(2)8-10-5-6(11-8)7(13)4-9/h5H,3-4H2,1-2H3,(H,10,11). The van der Waals surface area contributed by atoms with Crippen molar-refractivity contribution in [2.75, 3.05) is 23.8 Å². The molecule has 0 unspecified atom stereocenters. The third kappa shape index (κ3) is 2.30. The van der Waals surface area contributed by atoms with Gasteiger partial charge in [0.15, 0.2) is 5.78 Å². The van der Waals surface area contributed by atoms with E-state index in [2.05, 4.69) is 25.9 Å². The van der Waals surface area contributed by atoms with Gasteiger partial charge in [0.25, 0.3) is 0 Å². The van der Waals surface area contributed by atoms with Gasteiger partial charge in [-0.1, -0.05) is 15.9 Å². The largest absolute Gasteiger partial charge is 0.346 e. The summed E-state index contributed by atoms with van der Waals surface area (Å²) in [6.45, 7) is 2.88. The number of carbonyl (C=O) groups is 1. The molecule has 0 saturated carbocycles. The van der Waals surface area contributed by atoms with Crippen LogP contribution in [0.15, 0.2) is 6.20 Å². The second-order valence-corrected chi connectivity index (χ2v) is 3.25. The Balaban J connectivity index is 2.80. The monoisotopic (exact) mass is 245 g/mol. The van der Waals surface area contributed by atoms with Crippen LogP contribution in [0.1, 0.15) is 17.4 Å². The number of nitrogens with zero attached hydrogens (tertiary/aromatic N) is 2. The molecule has 13 heavy (non-hydrogen) atoms. The minimum atomic E-state index is 0.0169. The highest BCUT2D eigenvalue weighted by atomic mass is 79.9. The zero-order valence-electron chi connectivity index (χ0n) is 7.67. The van der Waals surface area contributed by atoms with Crippen molar-refractivity contribution in [3.63, 3.8) is 0 Å². The van der Waals surface area contributed by atoms with Crippen molar-refractivity contribution in [1.82, 2.24) is 9.97 Å². The van der Waals surface area contributed by atoms with Crippen LogP contribution in [0.2, 0.25) is 0 Å². The van der Waals surface area contributed by atoms with Crippen LogP contribution >= 0.6 is 15.9 Å². The van der Waals surface area contributed by atoms with Crippen molar-refractivity contribution in [3.8, 4) is 0 Å². The van der Waals surface area contributed by atoms with Crippen LogP contribution in [0.5, 0.6) is 0 Å². The summed E-state index contributed by atoms with van der Waals surface area (Å²) >= 11 is 3.10. The lowest BCUT2D eigenvalue weighted by Crippen LogP contribution is -2.17. The Morgan fingerprint density at radius 3 is 3.00 bits per heavy atom. The molecule has 0 aliphatic rings. The number of halogens is 1. The number of anilines is 1. The maximum Gasteiger partial charge on any atom is 0.203 e. The molecule has 0 aromatic carbocycles. The lowest BCUT2D eigenvalue weighted by Gasteiger charge is -2.11. The summed E-state index contributed by atoms with van der Waals surface area (Å²) in [6.07, 6.45) is 1.56. The van der Waals surface area contributed by atoms with E-state index in [9.17, 15) is 4.79 Å². The molecule has 0 atom stereocenters. The van der Waals surface area contributed by atoms with E-state index in [0.29, 0.717) is 11.0 Å². The van der Waals surface area contributed by atoms with Crippen molar-refractivity contribution >= 4 is 27.7 Å². The second kappa shape index (κ2) is 4.41. The minimum absolute atomic E-state index is 0.0169. The van der Waals surface area contributed by atoms with E-state index < -0.39 is 0 Å². The molecule has 0 radical (unpaired) electrons. The smallest absolute Gasteiger partial charge is 0.203 e. The zero-order chi connectivity index (χ0) is 9.84. The molecule has 0 spiro atoms. The fourth-order valence-corrected chi connectivity index (χ4v) is 1.17. The summed E-state index contributed by atoms with van der Waals surface area (Å²) in [6, 6.07) is 0. The highest BCUT2D eigenvalue weighted by molar-refractivity contribution is 9.09. The summed E-state index contributed by atoms with van der Waals surface area (Å²) < 4.78 is 0. The van der Waals surface area contributed by atoms with E-state index >= 15 is 0 Å². The first kappa shape index (κ1) is 10.2. The van der Waals surface area contributed by atoms with E-state index in [0.717, 1.165) is 12.5 Å². The lowest BCUT2D eigenvalue weighted by molar-refractivity contribution is 0.101. The normalized spacial score (nSPS) is 10.1. The molecule has 0 fully saturated rings. The van der Waals surface area contributed by atoms with Gasteiger partial charge in [-0.2, -0.15) is 0 Å². The average Bonchev–Trinajstić information content (AvgIpc) is 2.64. The van der Waals surface area contributed by atoms with E-state index in [-0.39, 0.29) is 5.78 Å². The number of rotatable bonds is 4. The van der Waals surface area contributed by atoms with Crippen molar-refractivity contribution < 1.29 is 4.79 Å². The van der Waals surface area contributed by atoms with Gasteiger partial charge < -0.3 is 9.88 Å². The van der Waals surface area contributed by atoms with Crippen LogP contribution in [0.25, 0.3) is 0 Å². The van der Waals surface area contributed by atoms with Gasteiger partial charge in [-0.05, 0) is 6.92 Å². The Morgan fingerprint density at radius 2 is 2.46 bits per heavy atom. The SMILES string of the molecule is CCN(C)c1ncc(C(=O)CBr)[nH]1. The predicted octanol–water partition coefficient (Wildman–Crippen LogP) is 1.44. The molecule has 1 heterocycles. The van der Waals surface area contributed by atoms with Gasteiger partial charge in [-0.25, -0.2) is 4.98 Å². The van der Waals surface area contributed by atoms with Gasteiger partial charge >= 0.3 is 0 Å². The van der Waals surface area contributed by atoms with Crippen LogP contribution in [0.4, 0.5) is 5.95 Å². The van der Waals surface area contributed by atoms with Gasteiger partial charge in [0, 0.05) is 13.6 Å². The first-order valence-electron chi connectivity index (χ1n) is 4.04. The number of Topliss-reactive ketones (excluding diaryl/α,β-unsaturated/α-hetero) is 1. The Bertz CT molecular complexity index is 297. The summed E-state index contributed by atoms with van der Waals surface area (Å²) in [5.74, 6) is 0.745. The topological polar surface area (TPSA) is 49.0 Å². The number of ketones is 1. The number of aromatic amines is 1. The van der Waals surface area contributed by atoms with Gasteiger partial charge in [0.05, 0.1) is 11.5 Å². The van der Waals surface area contributed by atoms with Gasteiger partial charge in [0.1, 0.15) is 5.69 Å². The van der Waals surface area contributed by atoms with Crippen LogP contribution < -0.4 is 4.90 Å². The van der Waals surface area contributed by atoms with E-state index in [4.69, 9.17) is 0 Å². The number of H-pyrrole nitrogens is 1. The van der Waals surface area contributed by atoms with Crippen LogP contribution in [0, 0.1) is 0 Å². The van der Waals surface area contributed by atoms with Crippen molar-refractivity contribution in [1.29, 1.82) is 0 Å². The Hall–Kier alpha value is -0.840. The summed E-state index contributed by atoms with van der Waals surface area (Å²) in [5, 5.41) is 0.324. The number of aromatic nitrogens is 2. The second-order valence-electron chi connectivity index (χ2n) is 2.69. The highest BCUT2D eigenvalue weighted by Crippen LogP contribution is 2.07. The Labute approximate surface area is 85.5 Å². The van der Waals surface area contributed by atoms with Gasteiger partial charge in [-0.15, -0.1) is 0 Å². The number of imidazole rings is 1. The van der Waals surface area contributed by atoms with Crippen LogP contribution in [-0.2, 0) is 0 Å². The third-order valence-electron chi connectivity index (χ3n) is 1.82. The molecule has 4 nitrogen and oxygen atoms in total. The Morgan fingerprint density at radius 1 is 1.77 bits per heavy atom. The molecular weight excluding hydrogens is 234 g/mol. The first-order chi connectivity index (χ1) is 6.19. The molecule has 1 rings (SSSR count). The zero-order valence-corrected chi connectivity index (χ0v) is 9.26. The third-order valence-corrected chi connectivity index (χ3v) is 2.33. The van der Waals surface area contributed by atoms with Crippen molar-refractivity contribution in [2.45, 2.75) is 6.92 Å². The number of alkyl halides is 1. The Kier molecular flexibility index (Phi) is 3.48. The summed E-state index contributed by atoms with van der Waals surface area (Å²) in [7, 11) is 1.92. The maximum absolute atomic E-state index is 11.2. The van der Waals surface area contributed by atoms with Crippen LogP contribution in [0.3, 0.4) is 0 Å². The maximum atomic E-state index is 11.2. The van der Waals surface area contributed by atoms with Crippen molar-refractivity contribution in [2.24, 2.45) is 0 Å². The number of hydrogen-bond acceptors (Lipinski definition) is 3. The molecular formula is C8H12BrN3O. The fraction of sp³-hybridized carbons (Fsp3) is 0.500. The van der Waals surface area contributed by atoms with E-state index in [1.54, 1.807) is 6.20 Å². The lowest BCUT2D eigenvalue weighted by atomic mass is 10.3. The number of hydrogen-bond donors (Lipinski definition) is 1. The van der Waals surface area contributed by atoms with Gasteiger partial charge in [0.2, 0.25) is 5.95 Å². The fourth-order valence-electron chi connectivity index (χ4n) is 0.868. The van der Waals surface area contributed by atoms with Gasteiger partial charge in [-0.3, -0.25) is 4.79 Å². The van der Waals surface area contributed by atoms with E-state index in [1.165, 1.54) is 0 Å². The predicted molar refractivity (Wildman–Crippen MR) is 55.7 cm³/mol. The average molecular weight is 246 g/mol. The molecule has 0 amide bonds. The summed E-state index contributed by atoms with van der Waals surface area (Å²) in [5.41, 5.74) is 0.548. The van der Waals surface area contributed by atoms with E-state index in [1.807, 2.05) is 18.9 Å². The molecule has 5 heteroatoms. The molecule has 0 bridgehead atoms.